The minimum atomic E-state index is 0.0959. The summed E-state index contributed by atoms with van der Waals surface area (Å²) in [4.78, 5) is 18.1. The average molecular weight is 314 g/mol. The summed E-state index contributed by atoms with van der Waals surface area (Å²) in [6.07, 6.45) is 7.85. The Morgan fingerprint density at radius 1 is 1.22 bits per heavy atom. The first-order valence-corrected chi connectivity index (χ1v) is 9.05. The van der Waals surface area contributed by atoms with Gasteiger partial charge >= 0.3 is 0 Å². The number of aryl methyl sites for hydroxylation is 2. The Kier molecular flexibility index (Phi) is 3.76. The van der Waals surface area contributed by atoms with Gasteiger partial charge in [0.1, 0.15) is 5.65 Å². The Balaban J connectivity index is 1.92. The van der Waals surface area contributed by atoms with Gasteiger partial charge in [-0.15, -0.1) is 0 Å². The van der Waals surface area contributed by atoms with Crippen LogP contribution < -0.4 is 5.56 Å². The molecule has 4 rings (SSSR count). The van der Waals surface area contributed by atoms with E-state index < -0.39 is 0 Å². The molecule has 124 valence electrons. The van der Waals surface area contributed by atoms with Crippen molar-refractivity contribution in [3.8, 4) is 0 Å². The molecule has 1 fully saturated rings. The number of hydrogen-bond acceptors (Lipinski definition) is 3. The van der Waals surface area contributed by atoms with E-state index in [0.717, 1.165) is 37.0 Å². The van der Waals surface area contributed by atoms with Crippen LogP contribution in [0.1, 0.15) is 61.9 Å². The summed E-state index contributed by atoms with van der Waals surface area (Å²) in [6, 6.07) is 0.413. The van der Waals surface area contributed by atoms with E-state index >= 15 is 0 Å². The van der Waals surface area contributed by atoms with Gasteiger partial charge in [0.15, 0.2) is 0 Å². The number of nitrogens with zero attached hydrogens (tertiary/aromatic N) is 3. The summed E-state index contributed by atoms with van der Waals surface area (Å²) >= 11 is 0. The Morgan fingerprint density at radius 2 is 2.00 bits per heavy atom. The lowest BCUT2D eigenvalue weighted by Crippen LogP contribution is -2.25. The molecule has 2 aromatic rings. The van der Waals surface area contributed by atoms with E-state index in [9.17, 15) is 4.79 Å². The van der Waals surface area contributed by atoms with Crippen molar-refractivity contribution in [3.05, 3.63) is 27.2 Å². The van der Waals surface area contributed by atoms with Gasteiger partial charge in [0.05, 0.1) is 11.7 Å². The highest BCUT2D eigenvalue weighted by Crippen LogP contribution is 2.37. The Labute approximate surface area is 136 Å². The standard InChI is InChI=1S/C18H26N4O/c1-3-10-22-11-6-9-14(22)16-15-12-7-4-5-8-13(12)18(23)19-17(15)21(2)20-16/h14H,3-11H2,1-2H3,(H,19,23)/t14-/m1/s1. The Morgan fingerprint density at radius 3 is 2.78 bits per heavy atom. The van der Waals surface area contributed by atoms with Crippen molar-refractivity contribution in [2.75, 3.05) is 13.1 Å². The summed E-state index contributed by atoms with van der Waals surface area (Å²) in [6.45, 7) is 4.54. The van der Waals surface area contributed by atoms with Crippen LogP contribution in [0.15, 0.2) is 4.79 Å². The molecular weight excluding hydrogens is 288 g/mol. The summed E-state index contributed by atoms with van der Waals surface area (Å²) in [5.41, 5.74) is 4.50. The predicted octanol–water partition coefficient (Wildman–Crippen LogP) is 2.69. The van der Waals surface area contributed by atoms with Gasteiger partial charge in [0, 0.05) is 18.0 Å². The maximum absolute atomic E-state index is 12.4. The topological polar surface area (TPSA) is 53.9 Å². The third-order valence-electron chi connectivity index (χ3n) is 5.54. The lowest BCUT2D eigenvalue weighted by molar-refractivity contribution is 0.254. The van der Waals surface area contributed by atoms with Gasteiger partial charge < -0.3 is 4.98 Å². The number of likely N-dealkylation sites (tertiary alicyclic amines) is 1. The van der Waals surface area contributed by atoms with E-state index in [2.05, 4.69) is 16.8 Å². The van der Waals surface area contributed by atoms with Gasteiger partial charge in [0.25, 0.3) is 5.56 Å². The molecule has 1 atom stereocenters. The molecule has 0 spiro atoms. The van der Waals surface area contributed by atoms with E-state index in [1.807, 2.05) is 11.7 Å². The van der Waals surface area contributed by atoms with E-state index in [4.69, 9.17) is 5.10 Å². The minimum absolute atomic E-state index is 0.0959. The number of pyridine rings is 1. The fraction of sp³-hybridized carbons (Fsp3) is 0.667. The van der Waals surface area contributed by atoms with E-state index in [-0.39, 0.29) is 5.56 Å². The monoisotopic (exact) mass is 314 g/mol. The van der Waals surface area contributed by atoms with E-state index in [0.29, 0.717) is 6.04 Å². The molecule has 0 bridgehead atoms. The molecule has 0 aromatic carbocycles. The molecule has 2 aliphatic rings. The highest BCUT2D eigenvalue weighted by atomic mass is 16.1. The quantitative estimate of drug-likeness (QED) is 0.947. The highest BCUT2D eigenvalue weighted by Gasteiger charge is 2.31. The van der Waals surface area contributed by atoms with Gasteiger partial charge in [-0.25, -0.2) is 0 Å². The fourth-order valence-electron chi connectivity index (χ4n) is 4.52. The van der Waals surface area contributed by atoms with Gasteiger partial charge in [-0.1, -0.05) is 6.92 Å². The fourth-order valence-corrected chi connectivity index (χ4v) is 4.52. The van der Waals surface area contributed by atoms with Crippen molar-refractivity contribution in [3.63, 3.8) is 0 Å². The molecule has 1 aliphatic carbocycles. The van der Waals surface area contributed by atoms with Gasteiger partial charge in [-0.3, -0.25) is 14.4 Å². The lowest BCUT2D eigenvalue weighted by Gasteiger charge is -2.23. The molecular formula is C18H26N4O. The zero-order valence-electron chi connectivity index (χ0n) is 14.2. The van der Waals surface area contributed by atoms with E-state index in [1.165, 1.54) is 48.9 Å². The number of aromatic nitrogens is 3. The van der Waals surface area contributed by atoms with E-state index in [1.54, 1.807) is 0 Å². The van der Waals surface area contributed by atoms with Gasteiger partial charge in [-0.05, 0) is 63.6 Å². The molecule has 0 unspecified atom stereocenters. The second-order valence-electron chi connectivity index (χ2n) is 7.04. The number of hydrogen-bond donors (Lipinski definition) is 1. The summed E-state index contributed by atoms with van der Waals surface area (Å²) in [7, 11) is 1.95. The van der Waals surface area contributed by atoms with Crippen LogP contribution in [0.2, 0.25) is 0 Å². The molecule has 1 aliphatic heterocycles. The molecule has 5 heteroatoms. The van der Waals surface area contributed by atoms with Crippen molar-refractivity contribution >= 4 is 11.0 Å². The van der Waals surface area contributed by atoms with Crippen molar-refractivity contribution in [1.29, 1.82) is 0 Å². The first kappa shape index (κ1) is 14.9. The number of H-pyrrole nitrogens is 1. The molecule has 0 amide bonds. The maximum atomic E-state index is 12.4. The third-order valence-corrected chi connectivity index (χ3v) is 5.54. The minimum Gasteiger partial charge on any atom is -0.307 e. The second kappa shape index (κ2) is 5.78. The van der Waals surface area contributed by atoms with Crippen LogP contribution in [0.5, 0.6) is 0 Å². The molecule has 2 aromatic heterocycles. The highest BCUT2D eigenvalue weighted by molar-refractivity contribution is 5.84. The SMILES string of the molecule is CCCN1CCC[C@@H]1c1nn(C)c2[nH]c(=O)c3c(c12)CCCC3. The lowest BCUT2D eigenvalue weighted by atomic mass is 9.89. The largest absolute Gasteiger partial charge is 0.307 e. The summed E-state index contributed by atoms with van der Waals surface area (Å²) < 4.78 is 1.88. The first-order chi connectivity index (χ1) is 11.2. The zero-order chi connectivity index (χ0) is 16.0. The normalized spacial score (nSPS) is 21.9. The van der Waals surface area contributed by atoms with Crippen LogP contribution in [-0.4, -0.2) is 32.8 Å². The van der Waals surface area contributed by atoms with Crippen molar-refractivity contribution in [1.82, 2.24) is 19.7 Å². The van der Waals surface area contributed by atoms with Crippen LogP contribution in [0.4, 0.5) is 0 Å². The van der Waals surface area contributed by atoms with Crippen LogP contribution >= 0.6 is 0 Å². The number of rotatable bonds is 3. The Bertz CT molecular complexity index is 788. The first-order valence-electron chi connectivity index (χ1n) is 9.05. The van der Waals surface area contributed by atoms with Crippen molar-refractivity contribution in [2.45, 2.75) is 57.9 Å². The summed E-state index contributed by atoms with van der Waals surface area (Å²) in [5.74, 6) is 0. The van der Waals surface area contributed by atoms with Crippen LogP contribution in [0, 0.1) is 0 Å². The van der Waals surface area contributed by atoms with Crippen molar-refractivity contribution < 1.29 is 0 Å². The predicted molar refractivity (Wildman–Crippen MR) is 91.8 cm³/mol. The molecule has 0 radical (unpaired) electrons. The number of nitrogens with one attached hydrogen (secondary N) is 1. The molecule has 1 N–H and O–H groups in total. The van der Waals surface area contributed by atoms with Gasteiger partial charge in [-0.2, -0.15) is 5.10 Å². The maximum Gasteiger partial charge on any atom is 0.253 e. The average Bonchev–Trinajstić information content (AvgIpc) is 3.13. The Hall–Kier alpha value is -1.62. The van der Waals surface area contributed by atoms with Crippen LogP contribution in [0.3, 0.4) is 0 Å². The molecule has 1 saturated heterocycles. The molecule has 23 heavy (non-hydrogen) atoms. The molecule has 5 nitrogen and oxygen atoms in total. The van der Waals surface area contributed by atoms with Gasteiger partial charge in [0.2, 0.25) is 0 Å². The second-order valence-corrected chi connectivity index (χ2v) is 7.04. The smallest absolute Gasteiger partial charge is 0.253 e. The third kappa shape index (κ3) is 2.33. The number of aromatic amines is 1. The number of fused-ring (bicyclic) bond motifs is 3. The van der Waals surface area contributed by atoms with Crippen molar-refractivity contribution in [2.24, 2.45) is 7.05 Å². The summed E-state index contributed by atoms with van der Waals surface area (Å²) in [5, 5.41) is 6.10. The molecule has 3 heterocycles. The zero-order valence-corrected chi connectivity index (χ0v) is 14.2. The van der Waals surface area contributed by atoms with Crippen LogP contribution in [0.25, 0.3) is 11.0 Å². The van der Waals surface area contributed by atoms with Crippen LogP contribution in [-0.2, 0) is 19.9 Å². The molecule has 0 saturated carbocycles.